The lowest BCUT2D eigenvalue weighted by atomic mass is 9.74. The van der Waals surface area contributed by atoms with Crippen molar-refractivity contribution >= 4 is 0 Å². The average Bonchev–Trinajstić information content (AvgIpc) is 3.61. The molecule has 0 bridgehead atoms. The highest BCUT2D eigenvalue weighted by atomic mass is 19.2. The average molecular weight is 613 g/mol. The van der Waals surface area contributed by atoms with Crippen molar-refractivity contribution in [2.24, 2.45) is 35.5 Å². The Hall–Kier alpha value is -2.10. The van der Waals surface area contributed by atoms with Crippen LogP contribution < -0.4 is 9.47 Å². The maximum atomic E-state index is 13.3. The molecule has 0 saturated heterocycles. The molecule has 2 saturated carbocycles. The molecule has 0 radical (unpaired) electrons. The minimum atomic E-state index is -0.684. The van der Waals surface area contributed by atoms with Crippen molar-refractivity contribution in [2.75, 3.05) is 14.2 Å². The van der Waals surface area contributed by atoms with Crippen molar-refractivity contribution in [3.05, 3.63) is 58.2 Å². The summed E-state index contributed by atoms with van der Waals surface area (Å²) in [4.78, 5) is 0. The lowest BCUT2D eigenvalue weighted by Crippen LogP contribution is -2.22. The van der Waals surface area contributed by atoms with E-state index in [0.717, 1.165) is 65.1 Å². The fraction of sp³-hybridized carbons (Fsp3) is 0.700. The molecule has 0 amide bonds. The van der Waals surface area contributed by atoms with Gasteiger partial charge in [0.2, 0.25) is 0 Å². The van der Waals surface area contributed by atoms with E-state index in [0.29, 0.717) is 5.92 Å². The molecule has 6 rings (SSSR count). The van der Waals surface area contributed by atoms with Crippen LogP contribution in [0.5, 0.6) is 11.5 Å². The molecule has 0 spiro atoms. The molecular formula is C40H62F2O2. The number of hydrogen-bond donors (Lipinski definition) is 0. The molecule has 248 valence electrons. The lowest BCUT2D eigenvalue weighted by Gasteiger charge is -2.32. The Labute approximate surface area is 268 Å². The fourth-order valence-electron chi connectivity index (χ4n) is 9.01. The second kappa shape index (κ2) is 17.0. The van der Waals surface area contributed by atoms with E-state index in [-0.39, 0.29) is 14.9 Å². The molecule has 4 heteroatoms. The smallest absolute Gasteiger partial charge is 0.161 e. The van der Waals surface area contributed by atoms with Crippen LogP contribution in [0.2, 0.25) is 0 Å². The number of benzene rings is 2. The summed E-state index contributed by atoms with van der Waals surface area (Å²) in [6.45, 7) is 4.59. The van der Waals surface area contributed by atoms with Crippen LogP contribution in [0.3, 0.4) is 0 Å². The van der Waals surface area contributed by atoms with Crippen molar-refractivity contribution in [1.82, 2.24) is 0 Å². The highest BCUT2D eigenvalue weighted by Crippen LogP contribution is 2.44. The summed E-state index contributed by atoms with van der Waals surface area (Å²) >= 11 is 0. The van der Waals surface area contributed by atoms with E-state index in [4.69, 9.17) is 9.47 Å². The summed E-state index contributed by atoms with van der Waals surface area (Å²) in [5, 5.41) is 0. The Bertz CT molecular complexity index is 1100. The van der Waals surface area contributed by atoms with Gasteiger partial charge in [-0.25, -0.2) is 8.78 Å². The first kappa shape index (κ1) is 36.4. The van der Waals surface area contributed by atoms with Gasteiger partial charge < -0.3 is 9.47 Å². The van der Waals surface area contributed by atoms with Gasteiger partial charge >= 0.3 is 0 Å². The van der Waals surface area contributed by atoms with E-state index >= 15 is 0 Å². The number of ether oxygens (including phenoxy) is 2. The maximum absolute atomic E-state index is 13.3. The van der Waals surface area contributed by atoms with Crippen LogP contribution in [0, 0.1) is 47.1 Å². The SMILES string of the molecule is C.C.CCCC1CCC(C2Cc3cc(F)c(F)cc3C2)CC1.CCCC1CCC(C2Cc3cc(OC)c(OC)cc3C2)CC1. The van der Waals surface area contributed by atoms with Gasteiger partial charge in [-0.05, 0) is 133 Å². The van der Waals surface area contributed by atoms with Crippen molar-refractivity contribution < 1.29 is 18.3 Å². The lowest BCUT2D eigenvalue weighted by molar-refractivity contribution is 0.201. The van der Waals surface area contributed by atoms with Gasteiger partial charge in [0.05, 0.1) is 14.2 Å². The van der Waals surface area contributed by atoms with E-state index in [1.54, 1.807) is 14.2 Å². The van der Waals surface area contributed by atoms with E-state index < -0.39 is 11.6 Å². The minimum absolute atomic E-state index is 0. The third-order valence-corrected chi connectivity index (χ3v) is 11.4. The first-order valence-electron chi connectivity index (χ1n) is 17.1. The topological polar surface area (TPSA) is 18.5 Å². The van der Waals surface area contributed by atoms with Gasteiger partial charge in [-0.1, -0.05) is 80.1 Å². The third-order valence-electron chi connectivity index (χ3n) is 11.4. The predicted molar refractivity (Wildman–Crippen MR) is 182 cm³/mol. The van der Waals surface area contributed by atoms with Crippen molar-refractivity contribution in [3.8, 4) is 11.5 Å². The molecule has 4 aliphatic carbocycles. The van der Waals surface area contributed by atoms with Gasteiger partial charge in [-0.2, -0.15) is 0 Å². The number of methoxy groups -OCH3 is 2. The van der Waals surface area contributed by atoms with Gasteiger partial charge in [0.15, 0.2) is 23.1 Å². The normalized spacial score (nSPS) is 24.7. The van der Waals surface area contributed by atoms with Crippen LogP contribution in [-0.4, -0.2) is 14.2 Å². The summed E-state index contributed by atoms with van der Waals surface area (Å²) in [5.41, 5.74) is 5.06. The zero-order chi connectivity index (χ0) is 29.6. The number of halogens is 2. The molecule has 0 heterocycles. The van der Waals surface area contributed by atoms with Gasteiger partial charge in [-0.3, -0.25) is 0 Å². The first-order valence-corrected chi connectivity index (χ1v) is 17.1. The Balaban J connectivity index is 0.000000231. The van der Waals surface area contributed by atoms with E-state index in [1.807, 2.05) is 0 Å². The van der Waals surface area contributed by atoms with Crippen LogP contribution in [0.1, 0.15) is 128 Å². The van der Waals surface area contributed by atoms with Crippen molar-refractivity contribution in [3.63, 3.8) is 0 Å². The largest absolute Gasteiger partial charge is 0.493 e. The standard InChI is InChI=1S/C20H30O2.C18H24F2.2CH4/c1-4-5-14-6-8-15(9-7-14)16-10-17-12-19(21-2)20(22-3)13-18(17)11-16;1-2-3-12-4-6-13(7-5-12)14-8-15-10-17(19)18(20)11-16(15)9-14;;/h12-16H,4-11H2,1-3H3;10-14H,2-9H2,1H3;2*1H4. The highest BCUT2D eigenvalue weighted by molar-refractivity contribution is 5.49. The second-order valence-corrected chi connectivity index (χ2v) is 14.0. The van der Waals surface area contributed by atoms with Crippen LogP contribution >= 0.6 is 0 Å². The van der Waals surface area contributed by atoms with Gasteiger partial charge in [0.25, 0.3) is 0 Å². The second-order valence-electron chi connectivity index (χ2n) is 14.0. The molecule has 44 heavy (non-hydrogen) atoms. The summed E-state index contributed by atoms with van der Waals surface area (Å²) in [6, 6.07) is 7.26. The monoisotopic (exact) mass is 612 g/mol. The number of fused-ring (bicyclic) bond motifs is 2. The zero-order valence-corrected chi connectivity index (χ0v) is 26.7. The third kappa shape index (κ3) is 8.58. The molecule has 2 aromatic carbocycles. The molecule has 2 fully saturated rings. The molecule has 0 unspecified atom stereocenters. The number of rotatable bonds is 8. The Morgan fingerprint density at radius 1 is 0.523 bits per heavy atom. The van der Waals surface area contributed by atoms with Crippen LogP contribution in [0.15, 0.2) is 24.3 Å². The predicted octanol–water partition coefficient (Wildman–Crippen LogP) is 11.6. The molecule has 0 aromatic heterocycles. The molecule has 2 aromatic rings. The van der Waals surface area contributed by atoms with Crippen LogP contribution in [-0.2, 0) is 25.7 Å². The highest BCUT2D eigenvalue weighted by Gasteiger charge is 2.34. The molecule has 0 aliphatic heterocycles. The number of hydrogen-bond acceptors (Lipinski definition) is 2. The molecule has 2 nitrogen and oxygen atoms in total. The van der Waals surface area contributed by atoms with Gasteiger partial charge in [0, 0.05) is 0 Å². The van der Waals surface area contributed by atoms with Crippen molar-refractivity contribution in [2.45, 2.75) is 131 Å². The quantitative estimate of drug-likeness (QED) is 0.295. The first-order chi connectivity index (χ1) is 20.4. The van der Waals surface area contributed by atoms with Crippen molar-refractivity contribution in [1.29, 1.82) is 0 Å². The molecule has 4 aliphatic rings. The Kier molecular flexibility index (Phi) is 14.0. The summed E-state index contributed by atoms with van der Waals surface area (Å²) in [6.07, 6.45) is 21.0. The Morgan fingerprint density at radius 3 is 1.14 bits per heavy atom. The van der Waals surface area contributed by atoms with Crippen LogP contribution in [0.4, 0.5) is 8.78 Å². The van der Waals surface area contributed by atoms with E-state index in [9.17, 15) is 8.78 Å². The fourth-order valence-corrected chi connectivity index (χ4v) is 9.01. The Morgan fingerprint density at radius 2 is 0.841 bits per heavy atom. The molecule has 0 atom stereocenters. The van der Waals surface area contributed by atoms with Gasteiger partial charge in [0.1, 0.15) is 0 Å². The van der Waals surface area contributed by atoms with Gasteiger partial charge in [-0.15, -0.1) is 0 Å². The minimum Gasteiger partial charge on any atom is -0.493 e. The van der Waals surface area contributed by atoms with E-state index in [1.165, 1.54) is 113 Å². The summed E-state index contributed by atoms with van der Waals surface area (Å²) < 4.78 is 37.5. The zero-order valence-electron chi connectivity index (χ0n) is 26.7. The van der Waals surface area contributed by atoms with Crippen LogP contribution in [0.25, 0.3) is 0 Å². The summed E-state index contributed by atoms with van der Waals surface area (Å²) in [7, 11) is 3.46. The van der Waals surface area contributed by atoms with E-state index in [2.05, 4.69) is 26.0 Å². The molecule has 0 N–H and O–H groups in total. The molecular weight excluding hydrogens is 550 g/mol. The maximum Gasteiger partial charge on any atom is 0.161 e. The summed E-state index contributed by atoms with van der Waals surface area (Å²) in [5.74, 6) is 5.48.